The number of thiazole rings is 1. The number of furan rings is 1. The smallest absolute Gasteiger partial charge is 0.406 e. The largest absolute Gasteiger partial charge is 0.573 e. The molecule has 0 bridgehead atoms. The highest BCUT2D eigenvalue weighted by Crippen LogP contribution is 2.34. The highest BCUT2D eigenvalue weighted by molar-refractivity contribution is 7.22. The Morgan fingerprint density at radius 1 is 1.35 bits per heavy atom. The molecule has 1 atom stereocenters. The number of alkyl halides is 3. The number of fused-ring (bicyclic) bond motifs is 1. The van der Waals surface area contributed by atoms with Gasteiger partial charge in [0.15, 0.2) is 10.9 Å². The third-order valence-corrected chi connectivity index (χ3v) is 5.49. The molecule has 31 heavy (non-hydrogen) atoms. The lowest BCUT2D eigenvalue weighted by Crippen LogP contribution is -2.37. The van der Waals surface area contributed by atoms with E-state index in [0.29, 0.717) is 23.2 Å². The molecule has 2 aromatic heterocycles. The zero-order valence-electron chi connectivity index (χ0n) is 15.6. The van der Waals surface area contributed by atoms with Crippen LogP contribution in [0.2, 0.25) is 0 Å². The number of benzene rings is 1. The molecule has 0 saturated carbocycles. The van der Waals surface area contributed by atoms with Gasteiger partial charge in [0, 0.05) is 12.7 Å². The Labute approximate surface area is 176 Å². The maximum atomic E-state index is 13.0. The second-order valence-electron chi connectivity index (χ2n) is 6.62. The summed E-state index contributed by atoms with van der Waals surface area (Å²) in [7, 11) is 0. The molecule has 3 aromatic rings. The van der Waals surface area contributed by atoms with E-state index in [1.165, 1.54) is 23.1 Å². The summed E-state index contributed by atoms with van der Waals surface area (Å²) in [4.78, 5) is 28.7. The standard InChI is InChI=1S/C18H14F3N3O6S/c19-18(20,21)30-10-3-4-12-14(8-10)31-17(22-12)23(9-11-2-1-7-28-11)16(25)13-5-6-15(29-13)24(26)27/h3-6,8,11H,1-2,7,9H2. The van der Waals surface area contributed by atoms with Crippen LogP contribution in [0.1, 0.15) is 23.4 Å². The maximum Gasteiger partial charge on any atom is 0.573 e. The van der Waals surface area contributed by atoms with Crippen molar-refractivity contribution in [1.29, 1.82) is 0 Å². The van der Waals surface area contributed by atoms with Crippen molar-refractivity contribution in [3.8, 4) is 5.75 Å². The number of carbonyl (C=O) groups is 1. The van der Waals surface area contributed by atoms with Gasteiger partial charge in [-0.05, 0) is 31.0 Å². The van der Waals surface area contributed by atoms with Crippen LogP contribution in [0.3, 0.4) is 0 Å². The van der Waals surface area contributed by atoms with Crippen molar-refractivity contribution >= 4 is 38.5 Å². The second kappa shape index (κ2) is 8.15. The number of hydrogen-bond donors (Lipinski definition) is 0. The number of hydrogen-bond acceptors (Lipinski definition) is 8. The van der Waals surface area contributed by atoms with Crippen LogP contribution in [-0.2, 0) is 4.74 Å². The molecular formula is C18H14F3N3O6S. The van der Waals surface area contributed by atoms with Gasteiger partial charge in [-0.15, -0.1) is 13.2 Å². The first kappa shape index (κ1) is 21.1. The minimum absolute atomic E-state index is 0.110. The van der Waals surface area contributed by atoms with Gasteiger partial charge in [0.05, 0.1) is 28.9 Å². The van der Waals surface area contributed by atoms with Crippen LogP contribution in [0, 0.1) is 10.1 Å². The topological polar surface area (TPSA) is 108 Å². The van der Waals surface area contributed by atoms with Gasteiger partial charge >= 0.3 is 12.2 Å². The van der Waals surface area contributed by atoms with Crippen LogP contribution in [0.25, 0.3) is 10.2 Å². The molecule has 13 heteroatoms. The first-order chi connectivity index (χ1) is 14.7. The van der Waals surface area contributed by atoms with Crippen molar-refractivity contribution in [2.75, 3.05) is 18.1 Å². The molecule has 0 spiro atoms. The normalized spacial score (nSPS) is 16.5. The van der Waals surface area contributed by atoms with E-state index in [1.54, 1.807) is 0 Å². The highest BCUT2D eigenvalue weighted by atomic mass is 32.1. The van der Waals surface area contributed by atoms with Crippen LogP contribution < -0.4 is 9.64 Å². The fraction of sp³-hybridized carbons (Fsp3) is 0.333. The van der Waals surface area contributed by atoms with Crippen LogP contribution in [-0.4, -0.2) is 41.4 Å². The Hall–Kier alpha value is -3.19. The molecule has 9 nitrogen and oxygen atoms in total. The molecule has 0 N–H and O–H groups in total. The number of ether oxygens (including phenoxy) is 2. The van der Waals surface area contributed by atoms with E-state index in [4.69, 9.17) is 9.15 Å². The minimum Gasteiger partial charge on any atom is -0.406 e. The molecule has 0 aliphatic carbocycles. The average molecular weight is 457 g/mol. The quantitative estimate of drug-likeness (QED) is 0.395. The molecule has 1 saturated heterocycles. The lowest BCUT2D eigenvalue weighted by atomic mass is 10.2. The molecule has 1 aromatic carbocycles. The molecular weight excluding hydrogens is 443 g/mol. The summed E-state index contributed by atoms with van der Waals surface area (Å²) in [5.74, 6) is -1.92. The first-order valence-corrected chi connectivity index (χ1v) is 9.85. The van der Waals surface area contributed by atoms with Gasteiger partial charge in [-0.25, -0.2) is 4.98 Å². The van der Waals surface area contributed by atoms with Crippen molar-refractivity contribution in [2.24, 2.45) is 0 Å². The minimum atomic E-state index is -4.84. The van der Waals surface area contributed by atoms with E-state index in [2.05, 4.69) is 9.72 Å². The molecule has 0 radical (unpaired) electrons. The number of carbonyl (C=O) groups excluding carboxylic acids is 1. The zero-order valence-corrected chi connectivity index (χ0v) is 16.4. The summed E-state index contributed by atoms with van der Waals surface area (Å²) in [5.41, 5.74) is 0.366. The highest BCUT2D eigenvalue weighted by Gasteiger charge is 2.32. The van der Waals surface area contributed by atoms with E-state index in [1.807, 2.05) is 0 Å². The molecule has 1 aliphatic rings. The average Bonchev–Trinajstić information content (AvgIpc) is 3.43. The predicted octanol–water partition coefficient (Wildman–Crippen LogP) is 4.52. The number of rotatable bonds is 6. The Morgan fingerprint density at radius 2 is 2.16 bits per heavy atom. The molecule has 1 amide bonds. The molecule has 1 unspecified atom stereocenters. The Balaban J connectivity index is 1.67. The molecule has 1 fully saturated rings. The number of anilines is 1. The van der Waals surface area contributed by atoms with E-state index in [0.717, 1.165) is 29.9 Å². The number of nitro groups is 1. The molecule has 164 valence electrons. The van der Waals surface area contributed by atoms with Gasteiger partial charge in [-0.3, -0.25) is 19.8 Å². The van der Waals surface area contributed by atoms with Crippen LogP contribution >= 0.6 is 11.3 Å². The summed E-state index contributed by atoms with van der Waals surface area (Å²) in [6.45, 7) is 0.649. The number of amides is 1. The van der Waals surface area contributed by atoms with Gasteiger partial charge in [0.25, 0.3) is 5.91 Å². The van der Waals surface area contributed by atoms with Crippen molar-refractivity contribution < 1.29 is 36.8 Å². The lowest BCUT2D eigenvalue weighted by molar-refractivity contribution is -0.402. The summed E-state index contributed by atoms with van der Waals surface area (Å²) in [6, 6.07) is 5.91. The van der Waals surface area contributed by atoms with Crippen LogP contribution in [0.15, 0.2) is 34.7 Å². The Bertz CT molecular complexity index is 1120. The monoisotopic (exact) mass is 457 g/mol. The van der Waals surface area contributed by atoms with E-state index < -0.39 is 28.8 Å². The number of aromatic nitrogens is 1. The van der Waals surface area contributed by atoms with Crippen LogP contribution in [0.5, 0.6) is 5.75 Å². The van der Waals surface area contributed by atoms with Gasteiger partial charge < -0.3 is 13.9 Å². The summed E-state index contributed by atoms with van der Waals surface area (Å²) < 4.78 is 52.4. The second-order valence-corrected chi connectivity index (χ2v) is 7.63. The first-order valence-electron chi connectivity index (χ1n) is 9.03. The van der Waals surface area contributed by atoms with Crippen molar-refractivity contribution in [3.05, 3.63) is 46.2 Å². The Kier molecular flexibility index (Phi) is 5.54. The van der Waals surface area contributed by atoms with Crippen molar-refractivity contribution in [3.63, 3.8) is 0 Å². The molecule has 4 rings (SSSR count). The maximum absolute atomic E-state index is 13.0. The fourth-order valence-electron chi connectivity index (χ4n) is 3.12. The van der Waals surface area contributed by atoms with Gasteiger partial charge in [-0.1, -0.05) is 11.3 Å². The predicted molar refractivity (Wildman–Crippen MR) is 102 cm³/mol. The Morgan fingerprint density at radius 3 is 2.81 bits per heavy atom. The third kappa shape index (κ3) is 4.77. The number of nitrogens with zero attached hydrogens (tertiary/aromatic N) is 3. The molecule has 3 heterocycles. The summed E-state index contributed by atoms with van der Waals surface area (Å²) >= 11 is 0.981. The number of halogens is 3. The fourth-order valence-corrected chi connectivity index (χ4v) is 4.12. The van der Waals surface area contributed by atoms with E-state index >= 15 is 0 Å². The lowest BCUT2D eigenvalue weighted by Gasteiger charge is -2.21. The van der Waals surface area contributed by atoms with Crippen LogP contribution in [0.4, 0.5) is 24.2 Å². The van der Waals surface area contributed by atoms with Crippen molar-refractivity contribution in [1.82, 2.24) is 4.98 Å². The summed E-state index contributed by atoms with van der Waals surface area (Å²) in [5, 5.41) is 11.1. The van der Waals surface area contributed by atoms with E-state index in [-0.39, 0.29) is 23.5 Å². The third-order valence-electron chi connectivity index (χ3n) is 4.45. The molecule has 1 aliphatic heterocycles. The van der Waals surface area contributed by atoms with Crippen molar-refractivity contribution in [2.45, 2.75) is 25.3 Å². The van der Waals surface area contributed by atoms with Gasteiger partial charge in [0.2, 0.25) is 0 Å². The zero-order chi connectivity index (χ0) is 22.2. The summed E-state index contributed by atoms with van der Waals surface area (Å²) in [6.07, 6.45) is -3.59. The van der Waals surface area contributed by atoms with E-state index in [9.17, 15) is 28.1 Å². The van der Waals surface area contributed by atoms with Gasteiger partial charge in [-0.2, -0.15) is 0 Å². The SMILES string of the molecule is O=C(c1ccc([N+](=O)[O-])o1)N(CC1CCCO1)c1nc2ccc(OC(F)(F)F)cc2s1. The van der Waals surface area contributed by atoms with Gasteiger partial charge in [0.1, 0.15) is 10.7 Å².